The van der Waals surface area contributed by atoms with Crippen LogP contribution in [0.4, 0.5) is 0 Å². The quantitative estimate of drug-likeness (QED) is 0.559. The first kappa shape index (κ1) is 13.4. The summed E-state index contributed by atoms with van der Waals surface area (Å²) in [6, 6.07) is 0. The van der Waals surface area contributed by atoms with Crippen molar-refractivity contribution >= 4 is 17.7 Å². The number of ether oxygens (including phenoxy) is 1. The van der Waals surface area contributed by atoms with Crippen LogP contribution in [0.15, 0.2) is 4.52 Å². The average Bonchev–Trinajstić information content (AvgIpc) is 3.05. The van der Waals surface area contributed by atoms with Crippen LogP contribution in [0.1, 0.15) is 44.8 Å². The van der Waals surface area contributed by atoms with Gasteiger partial charge in [0.1, 0.15) is 5.41 Å². The molecule has 6 heteroatoms. The van der Waals surface area contributed by atoms with Gasteiger partial charge >= 0.3 is 5.97 Å². The molecule has 0 aromatic carbocycles. The number of carbonyl (C=O) groups is 1. The maximum atomic E-state index is 11.8. The van der Waals surface area contributed by atoms with Gasteiger partial charge in [0.15, 0.2) is 5.82 Å². The van der Waals surface area contributed by atoms with Gasteiger partial charge < -0.3 is 9.26 Å². The fourth-order valence-electron chi connectivity index (χ4n) is 1.71. The van der Waals surface area contributed by atoms with E-state index in [4.69, 9.17) is 9.26 Å². The van der Waals surface area contributed by atoms with Crippen LogP contribution < -0.4 is 0 Å². The minimum atomic E-state index is -0.642. The molecule has 100 valence electrons. The fourth-order valence-corrected chi connectivity index (χ4v) is 2.45. The fraction of sp³-hybridized carbons (Fsp3) is 0.750. The van der Waals surface area contributed by atoms with Gasteiger partial charge in [0.05, 0.1) is 12.4 Å². The molecule has 0 amide bonds. The largest absolute Gasteiger partial charge is 0.465 e. The van der Waals surface area contributed by atoms with E-state index in [0.29, 0.717) is 18.3 Å². The molecule has 1 saturated carbocycles. The van der Waals surface area contributed by atoms with E-state index in [-0.39, 0.29) is 5.97 Å². The predicted octanol–water partition coefficient (Wildman–Crippen LogP) is 2.31. The second-order valence-corrected chi connectivity index (χ2v) is 5.48. The molecule has 1 aliphatic carbocycles. The molecule has 5 nitrogen and oxygen atoms in total. The van der Waals surface area contributed by atoms with Crippen LogP contribution in [0.25, 0.3) is 0 Å². The first-order valence-electron chi connectivity index (χ1n) is 6.31. The molecule has 0 N–H and O–H groups in total. The number of nitrogens with zero attached hydrogens (tertiary/aromatic N) is 2. The third kappa shape index (κ3) is 2.68. The Morgan fingerprint density at radius 3 is 2.89 bits per heavy atom. The van der Waals surface area contributed by atoms with Crippen LogP contribution in [0.5, 0.6) is 0 Å². The van der Waals surface area contributed by atoms with Crippen molar-refractivity contribution in [2.24, 2.45) is 0 Å². The van der Waals surface area contributed by atoms with Crippen LogP contribution in [0, 0.1) is 0 Å². The zero-order valence-electron chi connectivity index (χ0n) is 10.8. The molecule has 1 heterocycles. The van der Waals surface area contributed by atoms with Gasteiger partial charge in [0.25, 0.3) is 0 Å². The summed E-state index contributed by atoms with van der Waals surface area (Å²) in [5.41, 5.74) is -0.642. The molecule has 0 radical (unpaired) electrons. The van der Waals surface area contributed by atoms with Gasteiger partial charge in [0, 0.05) is 0 Å². The molecule has 0 spiro atoms. The molecule has 18 heavy (non-hydrogen) atoms. The van der Waals surface area contributed by atoms with Gasteiger partial charge in [-0.2, -0.15) is 16.7 Å². The molecule has 0 bridgehead atoms. The van der Waals surface area contributed by atoms with Gasteiger partial charge in [-0.25, -0.2) is 0 Å². The van der Waals surface area contributed by atoms with E-state index in [9.17, 15) is 4.79 Å². The summed E-state index contributed by atoms with van der Waals surface area (Å²) < 4.78 is 10.3. The second kappa shape index (κ2) is 5.73. The summed E-state index contributed by atoms with van der Waals surface area (Å²) in [6.07, 6.45) is 2.62. The van der Waals surface area contributed by atoms with Crippen molar-refractivity contribution in [2.75, 3.05) is 12.4 Å². The lowest BCUT2D eigenvalue weighted by Gasteiger charge is -2.07. The summed E-state index contributed by atoms with van der Waals surface area (Å²) in [6.45, 7) is 4.32. The molecule has 0 atom stereocenters. The maximum absolute atomic E-state index is 11.8. The summed E-state index contributed by atoms with van der Waals surface area (Å²) in [4.78, 5) is 16.2. The monoisotopic (exact) mass is 270 g/mol. The van der Waals surface area contributed by atoms with E-state index in [2.05, 4.69) is 17.1 Å². The Bertz CT molecular complexity index is 415. The van der Waals surface area contributed by atoms with Crippen molar-refractivity contribution in [2.45, 2.75) is 44.3 Å². The van der Waals surface area contributed by atoms with Gasteiger partial charge in [-0.1, -0.05) is 12.1 Å². The van der Waals surface area contributed by atoms with E-state index in [1.54, 1.807) is 18.7 Å². The minimum absolute atomic E-state index is 0.235. The Kier molecular flexibility index (Phi) is 4.27. The highest BCUT2D eigenvalue weighted by Gasteiger charge is 2.57. The van der Waals surface area contributed by atoms with E-state index in [0.717, 1.165) is 30.8 Å². The summed E-state index contributed by atoms with van der Waals surface area (Å²) in [7, 11) is 0. The van der Waals surface area contributed by atoms with Gasteiger partial charge in [-0.15, -0.1) is 0 Å². The molecular formula is C12H18N2O3S. The van der Waals surface area contributed by atoms with Crippen molar-refractivity contribution in [3.63, 3.8) is 0 Å². The standard InChI is InChI=1S/C12H18N2O3S/c1-3-7-18-8-9-13-10(17-14-9)12(5-6-12)11(15)16-4-2/h3-8H2,1-2H3. The molecule has 0 saturated heterocycles. The highest BCUT2D eigenvalue weighted by Crippen LogP contribution is 2.48. The molecular weight excluding hydrogens is 252 g/mol. The minimum Gasteiger partial charge on any atom is -0.465 e. The maximum Gasteiger partial charge on any atom is 0.321 e. The number of carbonyl (C=O) groups excluding carboxylic acids is 1. The smallest absolute Gasteiger partial charge is 0.321 e. The lowest BCUT2D eigenvalue weighted by Crippen LogP contribution is -2.23. The van der Waals surface area contributed by atoms with Crippen LogP contribution in [-0.2, 0) is 20.7 Å². The van der Waals surface area contributed by atoms with Gasteiger partial charge in [-0.05, 0) is 31.9 Å². The molecule has 1 aliphatic rings. The van der Waals surface area contributed by atoms with E-state index in [1.807, 2.05) is 0 Å². The number of thioether (sulfide) groups is 1. The molecule has 1 fully saturated rings. The number of aromatic nitrogens is 2. The highest BCUT2D eigenvalue weighted by atomic mass is 32.2. The Morgan fingerprint density at radius 2 is 2.28 bits per heavy atom. The first-order chi connectivity index (χ1) is 8.73. The topological polar surface area (TPSA) is 65.2 Å². The molecule has 1 aromatic heterocycles. The van der Waals surface area contributed by atoms with E-state index in [1.165, 1.54) is 0 Å². The van der Waals surface area contributed by atoms with Crippen molar-refractivity contribution in [3.8, 4) is 0 Å². The molecule has 1 aromatic rings. The van der Waals surface area contributed by atoms with Crippen molar-refractivity contribution in [3.05, 3.63) is 11.7 Å². The molecule has 0 unspecified atom stereocenters. The van der Waals surface area contributed by atoms with Crippen LogP contribution in [0.2, 0.25) is 0 Å². The summed E-state index contributed by atoms with van der Waals surface area (Å²) in [5, 5.41) is 3.92. The normalized spacial score (nSPS) is 16.6. The Morgan fingerprint density at radius 1 is 1.50 bits per heavy atom. The Labute approximate surface area is 111 Å². The van der Waals surface area contributed by atoms with E-state index >= 15 is 0 Å². The zero-order chi connectivity index (χ0) is 13.0. The van der Waals surface area contributed by atoms with Crippen LogP contribution >= 0.6 is 11.8 Å². The van der Waals surface area contributed by atoms with Crippen molar-refractivity contribution in [1.29, 1.82) is 0 Å². The molecule has 0 aliphatic heterocycles. The van der Waals surface area contributed by atoms with Crippen LogP contribution in [-0.4, -0.2) is 28.5 Å². The lowest BCUT2D eigenvalue weighted by molar-refractivity contribution is -0.146. The lowest BCUT2D eigenvalue weighted by atomic mass is 10.1. The highest BCUT2D eigenvalue weighted by molar-refractivity contribution is 7.98. The number of hydrogen-bond donors (Lipinski definition) is 0. The average molecular weight is 270 g/mol. The predicted molar refractivity (Wildman–Crippen MR) is 68.3 cm³/mol. The van der Waals surface area contributed by atoms with Gasteiger partial charge in [-0.3, -0.25) is 4.79 Å². The third-order valence-electron chi connectivity index (χ3n) is 2.87. The van der Waals surface area contributed by atoms with Crippen molar-refractivity contribution in [1.82, 2.24) is 10.1 Å². The first-order valence-corrected chi connectivity index (χ1v) is 7.46. The molecule has 2 rings (SSSR count). The number of hydrogen-bond acceptors (Lipinski definition) is 6. The Hall–Kier alpha value is -1.04. The Balaban J connectivity index is 1.99. The van der Waals surface area contributed by atoms with Crippen molar-refractivity contribution < 1.29 is 14.1 Å². The number of rotatable bonds is 7. The second-order valence-electron chi connectivity index (χ2n) is 4.37. The zero-order valence-corrected chi connectivity index (χ0v) is 11.6. The number of esters is 1. The summed E-state index contributed by atoms with van der Waals surface area (Å²) >= 11 is 1.77. The summed E-state index contributed by atoms with van der Waals surface area (Å²) in [5.74, 6) is 2.66. The van der Waals surface area contributed by atoms with E-state index < -0.39 is 5.41 Å². The van der Waals surface area contributed by atoms with Gasteiger partial charge in [0.2, 0.25) is 5.89 Å². The third-order valence-corrected chi connectivity index (χ3v) is 4.03. The SMILES string of the molecule is CCCSCc1noc(C2(C(=O)OCC)CC2)n1. The van der Waals surface area contributed by atoms with Crippen LogP contribution in [0.3, 0.4) is 0 Å².